The van der Waals surface area contributed by atoms with Gasteiger partial charge in [0.05, 0.1) is 19.3 Å². The molecular weight excluding hydrogens is 356 g/mol. The first-order chi connectivity index (χ1) is 12.2. The Kier molecular flexibility index (Phi) is 7.44. The number of carbonyl (C=O) groups is 1. The van der Waals surface area contributed by atoms with Crippen molar-refractivity contribution in [3.8, 4) is 0 Å². The topological polar surface area (TPSA) is 186 Å². The molecule has 2 aliphatic rings. The van der Waals surface area contributed by atoms with Crippen LogP contribution in [0.5, 0.6) is 0 Å². The van der Waals surface area contributed by atoms with Gasteiger partial charge in [-0.25, -0.2) is 0 Å². The highest BCUT2D eigenvalue weighted by Crippen LogP contribution is 2.30. The van der Waals surface area contributed by atoms with E-state index >= 15 is 0 Å². The largest absolute Gasteiger partial charge is 0.394 e. The molecule has 0 aliphatic carbocycles. The van der Waals surface area contributed by atoms with Gasteiger partial charge in [-0.05, 0) is 6.92 Å². The molecule has 0 aromatic carbocycles. The predicted molar refractivity (Wildman–Crippen MR) is 81.7 cm³/mol. The van der Waals surface area contributed by atoms with E-state index in [0.29, 0.717) is 0 Å². The van der Waals surface area contributed by atoms with Gasteiger partial charge in [-0.15, -0.1) is 0 Å². The van der Waals surface area contributed by atoms with E-state index in [1.807, 2.05) is 0 Å². The van der Waals surface area contributed by atoms with Gasteiger partial charge in [-0.2, -0.15) is 0 Å². The lowest BCUT2D eigenvalue weighted by Crippen LogP contribution is -2.64. The number of ether oxygens (including phenoxy) is 3. The van der Waals surface area contributed by atoms with Gasteiger partial charge in [0.15, 0.2) is 6.29 Å². The van der Waals surface area contributed by atoms with Crippen LogP contribution >= 0.6 is 0 Å². The first-order valence-corrected chi connectivity index (χ1v) is 8.29. The molecule has 10 atom stereocenters. The normalized spacial score (nSPS) is 46.9. The van der Waals surface area contributed by atoms with E-state index in [1.165, 1.54) is 6.92 Å². The highest BCUT2D eigenvalue weighted by Gasteiger charge is 2.50. The fraction of sp³-hybridized carbons (Fsp3) is 0.933. The van der Waals surface area contributed by atoms with Crippen molar-refractivity contribution >= 4 is 5.78 Å². The van der Waals surface area contributed by atoms with E-state index < -0.39 is 74.4 Å². The average Bonchev–Trinajstić information content (AvgIpc) is 2.60. The minimum Gasteiger partial charge on any atom is -0.394 e. The number of hydrogen-bond acceptors (Lipinski definition) is 11. The molecular formula is C15H26O11. The molecule has 0 bridgehead atoms. The van der Waals surface area contributed by atoms with Crippen LogP contribution in [0, 0.1) is 0 Å². The average molecular weight is 382 g/mol. The molecule has 0 aromatic rings. The van der Waals surface area contributed by atoms with Crippen LogP contribution in [0.15, 0.2) is 0 Å². The molecule has 7 N–H and O–H groups in total. The minimum atomic E-state index is -1.72. The van der Waals surface area contributed by atoms with Gasteiger partial charge in [0.1, 0.15) is 54.6 Å². The van der Waals surface area contributed by atoms with Gasteiger partial charge < -0.3 is 50.0 Å². The third-order valence-corrected chi connectivity index (χ3v) is 4.59. The fourth-order valence-electron chi connectivity index (χ4n) is 3.12. The van der Waals surface area contributed by atoms with Crippen molar-refractivity contribution in [3.05, 3.63) is 0 Å². The number of Topliss-reactive ketones (excluding diaryl/α,β-unsaturated/α-hetero) is 1. The van der Waals surface area contributed by atoms with Gasteiger partial charge in [0, 0.05) is 6.42 Å². The minimum absolute atomic E-state index is 0.179. The smallest absolute Gasteiger partial charge is 0.187 e. The second kappa shape index (κ2) is 8.97. The van der Waals surface area contributed by atoms with Crippen molar-refractivity contribution in [3.63, 3.8) is 0 Å². The summed E-state index contributed by atoms with van der Waals surface area (Å²) in [6.45, 7) is -0.00546. The second-order valence-electron chi connectivity index (χ2n) is 6.58. The number of aliphatic hydroxyl groups is 7. The Morgan fingerprint density at radius 2 is 1.38 bits per heavy atom. The summed E-state index contributed by atoms with van der Waals surface area (Å²) >= 11 is 0. The lowest BCUT2D eigenvalue weighted by Gasteiger charge is -2.46. The molecule has 2 aliphatic heterocycles. The number of rotatable bonds is 6. The standard InChI is InChI=1S/C15H26O11/c1-5(18)2-6-9(19)12(22)14(8(4-17)24-6)26-15-13(23)11(21)10(20)7(3-16)25-15/h6-17,19-23H,2-4H2,1H3/t6-,7?,8?,9?,10+,11?,12?,13?,14+,15-/m0/s1. The Morgan fingerprint density at radius 1 is 0.808 bits per heavy atom. The number of hydrogen-bond donors (Lipinski definition) is 7. The van der Waals surface area contributed by atoms with Crippen LogP contribution in [0.4, 0.5) is 0 Å². The van der Waals surface area contributed by atoms with E-state index in [1.54, 1.807) is 0 Å². The van der Waals surface area contributed by atoms with E-state index in [9.17, 15) is 40.5 Å². The molecule has 0 aromatic heterocycles. The fourth-order valence-corrected chi connectivity index (χ4v) is 3.12. The zero-order valence-corrected chi connectivity index (χ0v) is 14.2. The maximum atomic E-state index is 11.2. The third kappa shape index (κ3) is 4.39. The van der Waals surface area contributed by atoms with Crippen LogP contribution in [0.3, 0.4) is 0 Å². The van der Waals surface area contributed by atoms with Crippen molar-refractivity contribution in [2.75, 3.05) is 13.2 Å². The summed E-state index contributed by atoms with van der Waals surface area (Å²) in [7, 11) is 0. The molecule has 2 saturated heterocycles. The van der Waals surface area contributed by atoms with Crippen molar-refractivity contribution in [2.24, 2.45) is 0 Å². The van der Waals surface area contributed by atoms with E-state index in [2.05, 4.69) is 0 Å². The van der Waals surface area contributed by atoms with E-state index in [-0.39, 0.29) is 12.2 Å². The van der Waals surface area contributed by atoms with Crippen molar-refractivity contribution in [1.29, 1.82) is 0 Å². The molecule has 2 heterocycles. The Bertz CT molecular complexity index is 471. The van der Waals surface area contributed by atoms with Gasteiger partial charge in [0.2, 0.25) is 0 Å². The molecule has 26 heavy (non-hydrogen) atoms. The van der Waals surface area contributed by atoms with Gasteiger partial charge in [-0.1, -0.05) is 0 Å². The first kappa shape index (κ1) is 21.6. The zero-order chi connectivity index (χ0) is 19.6. The summed E-state index contributed by atoms with van der Waals surface area (Å²) in [4.78, 5) is 11.2. The zero-order valence-electron chi connectivity index (χ0n) is 14.2. The highest BCUT2D eigenvalue weighted by molar-refractivity contribution is 5.76. The molecule has 0 radical (unpaired) electrons. The summed E-state index contributed by atoms with van der Waals surface area (Å²) in [5.74, 6) is -0.286. The summed E-state index contributed by atoms with van der Waals surface area (Å²) < 4.78 is 16.0. The molecule has 0 spiro atoms. The lowest BCUT2D eigenvalue weighted by molar-refractivity contribution is -0.341. The molecule has 2 rings (SSSR count). The summed E-state index contributed by atoms with van der Waals surface area (Å²) in [5, 5.41) is 68.6. The number of aliphatic hydroxyl groups excluding tert-OH is 7. The van der Waals surface area contributed by atoms with E-state index in [0.717, 1.165) is 0 Å². The molecule has 0 saturated carbocycles. The number of ketones is 1. The molecule has 6 unspecified atom stereocenters. The molecule has 2 fully saturated rings. The Labute approximate surface area is 149 Å². The Balaban J connectivity index is 2.12. The lowest BCUT2D eigenvalue weighted by atomic mass is 9.92. The van der Waals surface area contributed by atoms with Crippen molar-refractivity contribution < 1.29 is 54.8 Å². The summed E-state index contributed by atoms with van der Waals surface area (Å²) in [6.07, 6.45) is -14.6. The predicted octanol–water partition coefficient (Wildman–Crippen LogP) is -4.37. The Hall–Kier alpha value is -0.730. The SMILES string of the molecule is CC(=O)C[C@@H]1OC(CO)[C@@H](O[C@@H]2OC(CO)[C@@H](O)C(O)C2O)C(O)C1O. The number of carbonyl (C=O) groups excluding carboxylic acids is 1. The van der Waals surface area contributed by atoms with E-state index in [4.69, 9.17) is 14.2 Å². The molecule has 0 amide bonds. The highest BCUT2D eigenvalue weighted by atomic mass is 16.7. The van der Waals surface area contributed by atoms with Crippen LogP contribution < -0.4 is 0 Å². The monoisotopic (exact) mass is 382 g/mol. The summed E-state index contributed by atoms with van der Waals surface area (Å²) in [5.41, 5.74) is 0. The van der Waals surface area contributed by atoms with Crippen LogP contribution in [0.1, 0.15) is 13.3 Å². The van der Waals surface area contributed by atoms with Crippen LogP contribution in [-0.2, 0) is 19.0 Å². The Morgan fingerprint density at radius 3 is 1.92 bits per heavy atom. The maximum absolute atomic E-state index is 11.2. The maximum Gasteiger partial charge on any atom is 0.187 e. The molecule has 152 valence electrons. The third-order valence-electron chi connectivity index (χ3n) is 4.59. The van der Waals surface area contributed by atoms with Gasteiger partial charge >= 0.3 is 0 Å². The quantitative estimate of drug-likeness (QED) is 0.235. The van der Waals surface area contributed by atoms with Crippen LogP contribution in [0.25, 0.3) is 0 Å². The second-order valence-corrected chi connectivity index (χ2v) is 6.58. The van der Waals surface area contributed by atoms with Gasteiger partial charge in [0.25, 0.3) is 0 Å². The van der Waals surface area contributed by atoms with Gasteiger partial charge in [-0.3, -0.25) is 4.79 Å². The molecule has 11 heteroatoms. The van der Waals surface area contributed by atoms with Crippen molar-refractivity contribution in [1.82, 2.24) is 0 Å². The van der Waals surface area contributed by atoms with Crippen molar-refractivity contribution in [2.45, 2.75) is 74.6 Å². The summed E-state index contributed by atoms with van der Waals surface area (Å²) in [6, 6.07) is 0. The molecule has 11 nitrogen and oxygen atoms in total. The van der Waals surface area contributed by atoms with Crippen LogP contribution in [0.2, 0.25) is 0 Å². The first-order valence-electron chi connectivity index (χ1n) is 8.29. The van der Waals surface area contributed by atoms with Crippen LogP contribution in [-0.4, -0.2) is 116 Å².